The highest BCUT2D eigenvalue weighted by Gasteiger charge is 2.15. The van der Waals surface area contributed by atoms with Crippen LogP contribution in [0.4, 0.5) is 0 Å². The van der Waals surface area contributed by atoms with Crippen LogP contribution in [0.2, 0.25) is 0 Å². The normalized spacial score (nSPS) is 10.6. The van der Waals surface area contributed by atoms with Crippen molar-refractivity contribution >= 4 is 0 Å². The van der Waals surface area contributed by atoms with Gasteiger partial charge in [0.15, 0.2) is 11.5 Å². The maximum Gasteiger partial charge on any atom is 0.164 e. The van der Waals surface area contributed by atoms with Gasteiger partial charge in [-0.3, -0.25) is 0 Å². The van der Waals surface area contributed by atoms with E-state index in [2.05, 4.69) is 19.9 Å². The van der Waals surface area contributed by atoms with Gasteiger partial charge in [-0.1, -0.05) is 19.9 Å². The molecule has 0 aliphatic rings. The highest BCUT2D eigenvalue weighted by molar-refractivity contribution is 5.51. The second kappa shape index (κ2) is 5.75. The van der Waals surface area contributed by atoms with Crippen LogP contribution in [-0.4, -0.2) is 20.8 Å². The monoisotopic (exact) mass is 223 g/mol. The molecule has 3 nitrogen and oxygen atoms in total. The molecule has 2 N–H and O–H groups in total. The van der Waals surface area contributed by atoms with Gasteiger partial charge in [-0.25, -0.2) is 0 Å². The maximum absolute atomic E-state index is 5.65. The predicted molar refractivity (Wildman–Crippen MR) is 66.4 cm³/mol. The van der Waals surface area contributed by atoms with Gasteiger partial charge in [0, 0.05) is 5.56 Å². The molecular formula is C13H21NO2. The minimum Gasteiger partial charge on any atom is -0.493 e. The van der Waals surface area contributed by atoms with Crippen LogP contribution in [0.15, 0.2) is 12.1 Å². The van der Waals surface area contributed by atoms with E-state index in [4.69, 9.17) is 15.2 Å². The summed E-state index contributed by atoms with van der Waals surface area (Å²) in [5, 5.41) is 0. The van der Waals surface area contributed by atoms with Crippen molar-refractivity contribution in [3.63, 3.8) is 0 Å². The van der Waals surface area contributed by atoms with Gasteiger partial charge in [-0.05, 0) is 30.5 Å². The molecule has 3 heteroatoms. The van der Waals surface area contributed by atoms with Crippen molar-refractivity contribution in [1.29, 1.82) is 0 Å². The molecule has 16 heavy (non-hydrogen) atoms. The zero-order valence-corrected chi connectivity index (χ0v) is 10.5. The Morgan fingerprint density at radius 3 is 2.31 bits per heavy atom. The lowest BCUT2D eigenvalue weighted by atomic mass is 9.94. The third-order valence-electron chi connectivity index (χ3n) is 2.70. The van der Waals surface area contributed by atoms with Crippen LogP contribution in [-0.2, 0) is 6.42 Å². The summed E-state index contributed by atoms with van der Waals surface area (Å²) < 4.78 is 10.7. The fourth-order valence-corrected chi connectivity index (χ4v) is 1.95. The summed E-state index contributed by atoms with van der Waals surface area (Å²) in [6.45, 7) is 4.95. The Kier molecular flexibility index (Phi) is 4.62. The molecule has 0 aliphatic carbocycles. The molecule has 0 atom stereocenters. The van der Waals surface area contributed by atoms with E-state index in [1.807, 2.05) is 6.07 Å². The van der Waals surface area contributed by atoms with E-state index in [-0.39, 0.29) is 0 Å². The minimum atomic E-state index is 0.460. The summed E-state index contributed by atoms with van der Waals surface area (Å²) in [5.74, 6) is 2.05. The van der Waals surface area contributed by atoms with Crippen LogP contribution in [0.3, 0.4) is 0 Å². The molecule has 1 aromatic carbocycles. The quantitative estimate of drug-likeness (QED) is 0.833. The molecule has 1 rings (SSSR count). The number of ether oxygens (including phenoxy) is 2. The van der Waals surface area contributed by atoms with Gasteiger partial charge in [0.2, 0.25) is 0 Å². The van der Waals surface area contributed by atoms with E-state index in [1.165, 1.54) is 11.1 Å². The Hall–Kier alpha value is -1.22. The number of hydrogen-bond donors (Lipinski definition) is 1. The van der Waals surface area contributed by atoms with Crippen molar-refractivity contribution in [2.45, 2.75) is 26.2 Å². The van der Waals surface area contributed by atoms with Crippen molar-refractivity contribution in [2.24, 2.45) is 5.73 Å². The van der Waals surface area contributed by atoms with Gasteiger partial charge in [0.1, 0.15) is 0 Å². The van der Waals surface area contributed by atoms with Crippen molar-refractivity contribution in [2.75, 3.05) is 20.8 Å². The molecule has 0 saturated carbocycles. The van der Waals surface area contributed by atoms with E-state index in [0.29, 0.717) is 12.5 Å². The molecule has 0 aliphatic heterocycles. The lowest BCUT2D eigenvalue weighted by molar-refractivity contribution is 0.351. The first-order chi connectivity index (χ1) is 7.65. The Labute approximate surface area is 97.6 Å². The van der Waals surface area contributed by atoms with Crippen molar-refractivity contribution in [3.8, 4) is 11.5 Å². The largest absolute Gasteiger partial charge is 0.493 e. The van der Waals surface area contributed by atoms with E-state index in [9.17, 15) is 0 Å². The van der Waals surface area contributed by atoms with Crippen LogP contribution >= 0.6 is 0 Å². The molecule has 0 aromatic heterocycles. The number of rotatable bonds is 5. The van der Waals surface area contributed by atoms with Gasteiger partial charge in [-0.2, -0.15) is 0 Å². The summed E-state index contributed by atoms with van der Waals surface area (Å²) in [6, 6.07) is 4.05. The van der Waals surface area contributed by atoms with Crippen LogP contribution in [0.1, 0.15) is 30.9 Å². The summed E-state index contributed by atoms with van der Waals surface area (Å²) in [4.78, 5) is 0. The van der Waals surface area contributed by atoms with E-state index in [1.54, 1.807) is 14.2 Å². The van der Waals surface area contributed by atoms with E-state index < -0.39 is 0 Å². The summed E-state index contributed by atoms with van der Waals surface area (Å²) >= 11 is 0. The molecule has 1 aromatic rings. The average Bonchev–Trinajstić information content (AvgIpc) is 2.28. The molecule has 0 bridgehead atoms. The van der Waals surface area contributed by atoms with Crippen molar-refractivity contribution < 1.29 is 9.47 Å². The van der Waals surface area contributed by atoms with Gasteiger partial charge < -0.3 is 15.2 Å². The first kappa shape index (κ1) is 12.8. The second-order valence-electron chi connectivity index (χ2n) is 4.06. The fourth-order valence-electron chi connectivity index (χ4n) is 1.95. The minimum absolute atomic E-state index is 0.460. The Balaban J connectivity index is 3.31. The zero-order valence-electron chi connectivity index (χ0n) is 10.5. The molecule has 0 heterocycles. The fraction of sp³-hybridized carbons (Fsp3) is 0.538. The highest BCUT2D eigenvalue weighted by Crippen LogP contribution is 2.36. The Morgan fingerprint density at radius 1 is 1.19 bits per heavy atom. The Morgan fingerprint density at radius 2 is 1.88 bits per heavy atom. The van der Waals surface area contributed by atoms with Gasteiger partial charge >= 0.3 is 0 Å². The molecule has 0 unspecified atom stereocenters. The summed E-state index contributed by atoms with van der Waals surface area (Å²) in [7, 11) is 3.32. The first-order valence-electron chi connectivity index (χ1n) is 5.59. The molecule has 90 valence electrons. The van der Waals surface area contributed by atoms with Crippen LogP contribution in [0, 0.1) is 0 Å². The number of benzene rings is 1. The number of nitrogens with two attached hydrogens (primary N) is 1. The number of methoxy groups -OCH3 is 2. The zero-order chi connectivity index (χ0) is 12.1. The summed E-state index contributed by atoms with van der Waals surface area (Å²) in [6.07, 6.45) is 0.813. The van der Waals surface area contributed by atoms with Crippen LogP contribution < -0.4 is 15.2 Å². The average molecular weight is 223 g/mol. The topological polar surface area (TPSA) is 44.5 Å². The first-order valence-corrected chi connectivity index (χ1v) is 5.59. The van der Waals surface area contributed by atoms with E-state index >= 15 is 0 Å². The molecule has 0 radical (unpaired) electrons. The Bertz CT molecular complexity index is 348. The smallest absolute Gasteiger partial charge is 0.164 e. The third-order valence-corrected chi connectivity index (χ3v) is 2.70. The third kappa shape index (κ3) is 2.47. The number of hydrogen-bond acceptors (Lipinski definition) is 3. The standard InChI is InChI=1S/C13H21NO2/c1-9(2)10-5-6-12(15-3)13(16-4)11(10)7-8-14/h5-6,9H,7-8,14H2,1-4H3. The SMILES string of the molecule is COc1ccc(C(C)C)c(CCN)c1OC. The van der Waals surface area contributed by atoms with Crippen molar-refractivity contribution in [3.05, 3.63) is 23.3 Å². The van der Waals surface area contributed by atoms with Crippen LogP contribution in [0.5, 0.6) is 11.5 Å². The molecule has 0 saturated heterocycles. The molecule has 0 amide bonds. The van der Waals surface area contributed by atoms with Gasteiger partial charge in [0.25, 0.3) is 0 Å². The second-order valence-corrected chi connectivity index (χ2v) is 4.06. The lowest BCUT2D eigenvalue weighted by Crippen LogP contribution is -2.09. The van der Waals surface area contributed by atoms with E-state index in [0.717, 1.165) is 17.9 Å². The lowest BCUT2D eigenvalue weighted by Gasteiger charge is -2.18. The van der Waals surface area contributed by atoms with Crippen molar-refractivity contribution in [1.82, 2.24) is 0 Å². The molecule has 0 spiro atoms. The summed E-state index contributed by atoms with van der Waals surface area (Å²) in [5.41, 5.74) is 8.10. The molecule has 0 fully saturated rings. The molecular weight excluding hydrogens is 202 g/mol. The van der Waals surface area contributed by atoms with Crippen LogP contribution in [0.25, 0.3) is 0 Å². The van der Waals surface area contributed by atoms with Gasteiger partial charge in [0.05, 0.1) is 14.2 Å². The van der Waals surface area contributed by atoms with Gasteiger partial charge in [-0.15, -0.1) is 0 Å². The highest BCUT2D eigenvalue weighted by atomic mass is 16.5. The maximum atomic E-state index is 5.65. The predicted octanol–water partition coefficient (Wildman–Crippen LogP) is 2.33.